The largest absolute Gasteiger partial charge is 0.463 e. The van der Waals surface area contributed by atoms with Gasteiger partial charge in [-0.05, 0) is 6.07 Å². The Hall–Kier alpha value is -2.78. The molecule has 0 aliphatic carbocycles. The van der Waals surface area contributed by atoms with Gasteiger partial charge in [0, 0.05) is 45.4 Å². The van der Waals surface area contributed by atoms with Crippen molar-refractivity contribution >= 4 is 61.4 Å². The number of ether oxygens (including phenoxy) is 6. The second-order valence-corrected chi connectivity index (χ2v) is 10.5. The smallest absolute Gasteiger partial charge is 0.303 e. The van der Waals surface area contributed by atoms with Gasteiger partial charge < -0.3 is 28.4 Å². The second kappa shape index (κ2) is 13.0. The van der Waals surface area contributed by atoms with Gasteiger partial charge in [-0.15, -0.1) is 0 Å². The van der Waals surface area contributed by atoms with Crippen LogP contribution in [0.5, 0.6) is 5.75 Å². The first-order valence-corrected chi connectivity index (χ1v) is 12.2. The van der Waals surface area contributed by atoms with E-state index in [-0.39, 0.29) is 17.0 Å². The summed E-state index contributed by atoms with van der Waals surface area (Å²) in [6.07, 6.45) is -6.89. The Labute approximate surface area is 222 Å². The molecule has 13 nitrogen and oxygen atoms in total. The highest BCUT2D eigenvalue weighted by Crippen LogP contribution is 2.40. The van der Waals surface area contributed by atoms with E-state index >= 15 is 0 Å². The van der Waals surface area contributed by atoms with Crippen LogP contribution in [0.3, 0.4) is 0 Å². The van der Waals surface area contributed by atoms with Crippen molar-refractivity contribution in [3.05, 3.63) is 33.9 Å². The van der Waals surface area contributed by atoms with Crippen LogP contribution in [0.25, 0.3) is 0 Å². The van der Waals surface area contributed by atoms with Crippen molar-refractivity contribution in [3.8, 4) is 5.75 Å². The van der Waals surface area contributed by atoms with E-state index in [1.54, 1.807) is 0 Å². The van der Waals surface area contributed by atoms with E-state index in [0.29, 0.717) is 0 Å². The lowest BCUT2D eigenvalue weighted by atomic mass is 9.98. The number of hydrogen-bond donors (Lipinski definition) is 0. The minimum Gasteiger partial charge on any atom is -0.463 e. The van der Waals surface area contributed by atoms with Crippen molar-refractivity contribution in [1.29, 1.82) is 0 Å². The van der Waals surface area contributed by atoms with Crippen LogP contribution >= 0.6 is 31.9 Å². The molecule has 0 aromatic heterocycles. The third-order valence-electron chi connectivity index (χ3n) is 4.63. The zero-order valence-electron chi connectivity index (χ0n) is 19.5. The molecule has 1 aromatic carbocycles. The summed E-state index contributed by atoms with van der Waals surface area (Å²) in [4.78, 5) is 57.7. The predicted octanol–water partition coefficient (Wildman–Crippen LogP) is 2.85. The fraction of sp³-hybridized carbons (Fsp3) is 0.524. The molecule has 5 atom stereocenters. The number of nitrogens with zero attached hydrogens (tertiary/aromatic N) is 1. The van der Waals surface area contributed by atoms with Gasteiger partial charge >= 0.3 is 23.9 Å². The molecule has 36 heavy (non-hydrogen) atoms. The highest BCUT2D eigenvalue weighted by Gasteiger charge is 2.53. The van der Waals surface area contributed by atoms with Crippen LogP contribution in [-0.2, 0) is 42.9 Å². The lowest BCUT2D eigenvalue weighted by Crippen LogP contribution is -2.63. The lowest BCUT2D eigenvalue weighted by molar-refractivity contribution is -0.385. The third kappa shape index (κ3) is 8.13. The third-order valence-corrected chi connectivity index (χ3v) is 5.62. The highest BCUT2D eigenvalue weighted by atomic mass is 79.9. The first-order valence-electron chi connectivity index (χ1n) is 10.3. The molecule has 1 heterocycles. The van der Waals surface area contributed by atoms with E-state index in [1.165, 1.54) is 18.2 Å². The van der Waals surface area contributed by atoms with E-state index in [1.807, 2.05) is 0 Å². The normalized spacial score (nSPS) is 23.4. The van der Waals surface area contributed by atoms with Gasteiger partial charge in [-0.25, -0.2) is 0 Å². The van der Waals surface area contributed by atoms with Crippen LogP contribution in [0.1, 0.15) is 37.0 Å². The highest BCUT2D eigenvalue weighted by molar-refractivity contribution is 9.24. The quantitative estimate of drug-likeness (QED) is 0.127. The molecule has 0 spiro atoms. The molecule has 1 saturated heterocycles. The second-order valence-electron chi connectivity index (χ2n) is 7.47. The number of benzene rings is 1. The van der Waals surface area contributed by atoms with Crippen LogP contribution in [0, 0.1) is 10.1 Å². The molecule has 0 radical (unpaired) electrons. The summed E-state index contributed by atoms with van der Waals surface area (Å²) in [6.45, 7) is 4.02. The molecule has 2 rings (SSSR count). The molecule has 0 unspecified atom stereocenters. The topological polar surface area (TPSA) is 167 Å². The maximum atomic E-state index is 11.9. The standard InChI is InChI=1S/C21H23Br2NO12/c1-9(25)31-8-16-17(32-10(2)26)18(33-11(3)27)19(34-12(4)28)21(36-16)35-15-6-5-13(24(29)30)7-14(15)20(22)23/h5-7,16-21H,8H2,1-4H3/t16-,17-,18+,19-,21+/m1/s1. The lowest BCUT2D eigenvalue weighted by Gasteiger charge is -2.44. The van der Waals surface area contributed by atoms with Crippen molar-refractivity contribution in [1.82, 2.24) is 0 Å². The number of halogens is 2. The molecule has 1 aliphatic rings. The summed E-state index contributed by atoms with van der Waals surface area (Å²) in [6, 6.07) is 3.73. The van der Waals surface area contributed by atoms with Crippen LogP contribution in [0.2, 0.25) is 0 Å². The van der Waals surface area contributed by atoms with Crippen LogP contribution in [0.4, 0.5) is 5.69 Å². The SMILES string of the molecule is CC(=O)OC[C@H]1O[C@H](Oc2ccc([N+](=O)[O-])cc2C(Br)Br)[C@H](OC(C)=O)[C@@H](OC(C)=O)[C@@H]1OC(C)=O. The summed E-state index contributed by atoms with van der Waals surface area (Å²) < 4.78 is 32.2. The number of hydrogen-bond acceptors (Lipinski definition) is 12. The van der Waals surface area contributed by atoms with Crippen molar-refractivity contribution in [3.63, 3.8) is 0 Å². The molecule has 198 valence electrons. The first-order chi connectivity index (χ1) is 16.8. The number of esters is 4. The van der Waals surface area contributed by atoms with Gasteiger partial charge in [0.05, 0.1) is 8.66 Å². The molecule has 0 amide bonds. The molecule has 1 aliphatic heterocycles. The van der Waals surface area contributed by atoms with Gasteiger partial charge in [-0.3, -0.25) is 29.3 Å². The van der Waals surface area contributed by atoms with E-state index in [9.17, 15) is 29.3 Å². The average molecular weight is 641 g/mol. The minimum absolute atomic E-state index is 0.0836. The van der Waals surface area contributed by atoms with Gasteiger partial charge in [0.1, 0.15) is 18.5 Å². The van der Waals surface area contributed by atoms with Crippen molar-refractivity contribution in [2.75, 3.05) is 6.61 Å². The van der Waals surface area contributed by atoms with Gasteiger partial charge in [-0.1, -0.05) is 31.9 Å². The van der Waals surface area contributed by atoms with E-state index < -0.39 is 69.8 Å². The Morgan fingerprint density at radius 2 is 1.50 bits per heavy atom. The van der Waals surface area contributed by atoms with Gasteiger partial charge in [0.15, 0.2) is 12.2 Å². The Bertz CT molecular complexity index is 1020. The predicted molar refractivity (Wildman–Crippen MR) is 126 cm³/mol. The number of carbonyl (C=O) groups excluding carboxylic acids is 4. The number of alkyl halides is 2. The fourth-order valence-electron chi connectivity index (χ4n) is 3.34. The monoisotopic (exact) mass is 639 g/mol. The molecule has 1 aromatic rings. The average Bonchev–Trinajstić information content (AvgIpc) is 2.75. The number of nitro benzene ring substituents is 1. The Morgan fingerprint density at radius 3 is 2.00 bits per heavy atom. The maximum absolute atomic E-state index is 11.9. The number of nitro groups is 1. The van der Waals surface area contributed by atoms with E-state index in [2.05, 4.69) is 31.9 Å². The van der Waals surface area contributed by atoms with Crippen LogP contribution < -0.4 is 4.74 Å². The molecule has 1 fully saturated rings. The molecule has 15 heteroatoms. The van der Waals surface area contributed by atoms with Crippen molar-refractivity contribution < 1.29 is 52.5 Å². The van der Waals surface area contributed by atoms with Crippen LogP contribution in [0.15, 0.2) is 18.2 Å². The molecular weight excluding hydrogens is 618 g/mol. The van der Waals surface area contributed by atoms with Gasteiger partial charge in [0.25, 0.3) is 5.69 Å². The number of rotatable bonds is 9. The minimum atomic E-state index is -1.48. The number of carbonyl (C=O) groups is 4. The van der Waals surface area contributed by atoms with E-state index in [0.717, 1.165) is 27.7 Å². The Balaban J connectivity index is 2.56. The van der Waals surface area contributed by atoms with E-state index in [4.69, 9.17) is 28.4 Å². The van der Waals surface area contributed by atoms with Crippen LogP contribution in [-0.4, -0.2) is 66.1 Å². The van der Waals surface area contributed by atoms with Crippen molar-refractivity contribution in [2.24, 2.45) is 0 Å². The zero-order chi connectivity index (χ0) is 27.2. The summed E-state index contributed by atoms with van der Waals surface area (Å²) >= 11 is 6.55. The summed E-state index contributed by atoms with van der Waals surface area (Å²) in [5.74, 6) is -2.94. The van der Waals surface area contributed by atoms with Crippen molar-refractivity contribution in [2.45, 2.75) is 62.1 Å². The molecular formula is C21H23Br2NO12. The molecule has 0 bridgehead atoms. The zero-order valence-corrected chi connectivity index (χ0v) is 22.7. The molecule has 0 N–H and O–H groups in total. The summed E-state index contributed by atoms with van der Waals surface area (Å²) in [5.41, 5.74) is 0.0693. The van der Waals surface area contributed by atoms with Gasteiger partial charge in [-0.2, -0.15) is 0 Å². The van der Waals surface area contributed by atoms with Gasteiger partial charge in [0.2, 0.25) is 12.4 Å². The first kappa shape index (κ1) is 29.5. The Kier molecular flexibility index (Phi) is 10.6. The number of non-ortho nitro benzene ring substituents is 1. The summed E-state index contributed by atoms with van der Waals surface area (Å²) in [5, 5.41) is 11.2. The summed E-state index contributed by atoms with van der Waals surface area (Å²) in [7, 11) is 0. The Morgan fingerprint density at radius 1 is 0.944 bits per heavy atom. The molecule has 0 saturated carbocycles. The maximum Gasteiger partial charge on any atom is 0.303 e. The fourth-order valence-corrected chi connectivity index (χ4v) is 4.05.